The van der Waals surface area contributed by atoms with Crippen molar-refractivity contribution in [3.05, 3.63) is 100 Å². The molecule has 0 radical (unpaired) electrons. The summed E-state index contributed by atoms with van der Waals surface area (Å²) in [7, 11) is 0. The summed E-state index contributed by atoms with van der Waals surface area (Å²) in [5, 5.41) is 8.89. The maximum atomic E-state index is 10.9. The Morgan fingerprint density at radius 1 is 1.11 bits per heavy atom. The van der Waals surface area contributed by atoms with Crippen LogP contribution in [0.1, 0.15) is 28.5 Å². The third kappa shape index (κ3) is 5.81. The monoisotopic (exact) mass is 503 g/mol. The number of hydrogen-bond acceptors (Lipinski definition) is 6. The average molecular weight is 504 g/mol. The summed E-state index contributed by atoms with van der Waals surface area (Å²) in [4.78, 5) is 28.2. The fourth-order valence-electron chi connectivity index (χ4n) is 3.88. The zero-order chi connectivity index (χ0) is 24.8. The first kappa shape index (κ1) is 24.7. The molecule has 0 saturated heterocycles. The predicted molar refractivity (Wildman–Crippen MR) is 140 cm³/mol. The van der Waals surface area contributed by atoms with Crippen LogP contribution in [0, 0.1) is 6.92 Å². The van der Waals surface area contributed by atoms with Gasteiger partial charge in [0.2, 0.25) is 0 Å². The van der Waals surface area contributed by atoms with Crippen LogP contribution in [-0.2, 0) is 20.8 Å². The first-order chi connectivity index (χ1) is 16.9. The number of hydrogen-bond donors (Lipinski definition) is 1. The highest BCUT2D eigenvalue weighted by Gasteiger charge is 2.32. The van der Waals surface area contributed by atoms with Gasteiger partial charge in [0.1, 0.15) is 12.0 Å². The van der Waals surface area contributed by atoms with Gasteiger partial charge in [-0.15, -0.1) is 23.1 Å². The van der Waals surface area contributed by atoms with Gasteiger partial charge in [-0.3, -0.25) is 4.98 Å². The van der Waals surface area contributed by atoms with Crippen molar-refractivity contribution in [2.24, 2.45) is 0 Å². The molecule has 35 heavy (non-hydrogen) atoms. The van der Waals surface area contributed by atoms with Crippen LogP contribution in [-0.4, -0.2) is 29.0 Å². The van der Waals surface area contributed by atoms with E-state index in [1.54, 1.807) is 23.1 Å². The van der Waals surface area contributed by atoms with Crippen molar-refractivity contribution in [3.63, 3.8) is 0 Å². The zero-order valence-corrected chi connectivity index (χ0v) is 21.1. The van der Waals surface area contributed by atoms with E-state index in [4.69, 9.17) is 9.84 Å². The van der Waals surface area contributed by atoms with Crippen molar-refractivity contribution in [1.82, 2.24) is 4.98 Å². The normalized spacial score (nSPS) is 12.6. The molecule has 1 heterocycles. The molecule has 178 valence electrons. The molecule has 0 amide bonds. The quantitative estimate of drug-likeness (QED) is 0.200. The van der Waals surface area contributed by atoms with Crippen molar-refractivity contribution in [2.45, 2.75) is 29.9 Å². The molecule has 1 N–H and O–H groups in total. The summed E-state index contributed by atoms with van der Waals surface area (Å²) in [5.41, 5.74) is 7.04. The molecule has 3 aromatic carbocycles. The number of carbonyl (C=O) groups is 2. The highest BCUT2D eigenvalue weighted by molar-refractivity contribution is 8.00. The second-order valence-electron chi connectivity index (χ2n) is 8.26. The minimum Gasteiger partial charge on any atom is -0.482 e. The standard InChI is InChI=1S/C28H25NO4S2/c1-19-14-24(10-11-25(19)33-17-27(31)32)35-28(2,26-16-29-18-34-26)23-8-6-21(7-9-23)22-5-3-4-20(15-22)12-13-30/h3-11,13-16,18H,12,17H2,1-2H3,(H,31,32). The van der Waals surface area contributed by atoms with E-state index in [9.17, 15) is 9.59 Å². The number of aryl methyl sites for hydroxylation is 1. The Morgan fingerprint density at radius 2 is 1.91 bits per heavy atom. The maximum absolute atomic E-state index is 10.9. The van der Waals surface area contributed by atoms with Gasteiger partial charge in [-0.05, 0) is 59.9 Å². The maximum Gasteiger partial charge on any atom is 0.341 e. The smallest absolute Gasteiger partial charge is 0.341 e. The first-order valence-corrected chi connectivity index (χ1v) is 12.8. The lowest BCUT2D eigenvalue weighted by atomic mass is 9.95. The van der Waals surface area contributed by atoms with Gasteiger partial charge < -0.3 is 14.6 Å². The summed E-state index contributed by atoms with van der Waals surface area (Å²) in [6.45, 7) is 3.74. The van der Waals surface area contributed by atoms with E-state index in [-0.39, 0.29) is 11.4 Å². The number of nitrogens with zero attached hydrogens (tertiary/aromatic N) is 1. The molecule has 5 nitrogen and oxygen atoms in total. The lowest BCUT2D eigenvalue weighted by Gasteiger charge is -2.29. The Labute approximate surface area is 212 Å². The van der Waals surface area contributed by atoms with Crippen LogP contribution in [0.5, 0.6) is 5.75 Å². The first-order valence-electron chi connectivity index (χ1n) is 11.1. The number of aldehydes is 1. The van der Waals surface area contributed by atoms with Gasteiger partial charge in [0.05, 0.1) is 10.3 Å². The molecule has 1 atom stereocenters. The van der Waals surface area contributed by atoms with Crippen LogP contribution in [0.3, 0.4) is 0 Å². The molecule has 4 rings (SSSR count). The van der Waals surface area contributed by atoms with Crippen LogP contribution >= 0.6 is 23.1 Å². The molecular weight excluding hydrogens is 478 g/mol. The average Bonchev–Trinajstić information content (AvgIpc) is 3.40. The molecule has 0 saturated carbocycles. The van der Waals surface area contributed by atoms with Crippen LogP contribution in [0.25, 0.3) is 11.1 Å². The molecule has 0 aliphatic rings. The van der Waals surface area contributed by atoms with Crippen LogP contribution in [0.2, 0.25) is 0 Å². The number of carbonyl (C=O) groups excluding carboxylic acids is 1. The van der Waals surface area contributed by atoms with E-state index in [2.05, 4.69) is 48.3 Å². The van der Waals surface area contributed by atoms with E-state index in [0.717, 1.165) is 43.9 Å². The van der Waals surface area contributed by atoms with Gasteiger partial charge in [-0.1, -0.05) is 48.5 Å². The third-order valence-electron chi connectivity index (χ3n) is 5.74. The molecule has 7 heteroatoms. The Hall–Kier alpha value is -3.42. The Kier molecular flexibility index (Phi) is 7.68. The van der Waals surface area contributed by atoms with E-state index >= 15 is 0 Å². The second-order valence-corrected chi connectivity index (χ2v) is 10.6. The summed E-state index contributed by atoms with van der Waals surface area (Å²) < 4.78 is 5.00. The molecule has 0 aliphatic carbocycles. The van der Waals surface area contributed by atoms with Gasteiger partial charge in [0.15, 0.2) is 6.61 Å². The molecule has 0 spiro atoms. The largest absolute Gasteiger partial charge is 0.482 e. The highest BCUT2D eigenvalue weighted by Crippen LogP contribution is 2.48. The minimum absolute atomic E-state index is 0.365. The molecule has 4 aromatic rings. The van der Waals surface area contributed by atoms with E-state index in [1.807, 2.05) is 49.0 Å². The molecular formula is C28H25NO4S2. The Bertz CT molecular complexity index is 1320. The number of aromatic nitrogens is 1. The highest BCUT2D eigenvalue weighted by atomic mass is 32.2. The topological polar surface area (TPSA) is 76.5 Å². The number of ether oxygens (including phenoxy) is 1. The van der Waals surface area contributed by atoms with Crippen molar-refractivity contribution in [2.75, 3.05) is 6.61 Å². The lowest BCUT2D eigenvalue weighted by Crippen LogP contribution is -2.17. The fraction of sp³-hybridized carbons (Fsp3) is 0.179. The van der Waals surface area contributed by atoms with E-state index in [1.165, 1.54) is 0 Å². The van der Waals surface area contributed by atoms with Crippen molar-refractivity contribution in [1.29, 1.82) is 0 Å². The van der Waals surface area contributed by atoms with Gasteiger partial charge in [0.25, 0.3) is 0 Å². The van der Waals surface area contributed by atoms with Crippen LogP contribution < -0.4 is 4.74 Å². The summed E-state index contributed by atoms with van der Waals surface area (Å²) >= 11 is 3.34. The Morgan fingerprint density at radius 3 is 2.57 bits per heavy atom. The van der Waals surface area contributed by atoms with Crippen molar-refractivity contribution in [3.8, 4) is 16.9 Å². The summed E-state index contributed by atoms with van der Waals surface area (Å²) in [6.07, 6.45) is 3.24. The molecule has 0 fully saturated rings. The lowest BCUT2D eigenvalue weighted by molar-refractivity contribution is -0.139. The van der Waals surface area contributed by atoms with Gasteiger partial charge in [0, 0.05) is 22.4 Å². The Balaban J connectivity index is 1.64. The SMILES string of the molecule is Cc1cc(SC(C)(c2ccc(-c3cccc(CC=O)c3)cc2)c2cncs2)ccc1OCC(=O)O. The van der Waals surface area contributed by atoms with Crippen molar-refractivity contribution < 1.29 is 19.4 Å². The van der Waals surface area contributed by atoms with Crippen molar-refractivity contribution >= 4 is 35.4 Å². The summed E-state index contributed by atoms with van der Waals surface area (Å²) in [5.74, 6) is -0.433. The van der Waals surface area contributed by atoms with Gasteiger partial charge in [-0.25, -0.2) is 4.79 Å². The molecule has 0 bridgehead atoms. The van der Waals surface area contributed by atoms with Crippen LogP contribution in [0.4, 0.5) is 0 Å². The van der Waals surface area contributed by atoms with E-state index in [0.29, 0.717) is 12.2 Å². The number of thioether (sulfide) groups is 1. The molecule has 1 unspecified atom stereocenters. The third-order valence-corrected chi connectivity index (χ3v) is 8.21. The summed E-state index contributed by atoms with van der Waals surface area (Å²) in [6, 6.07) is 22.4. The molecule has 0 aliphatic heterocycles. The number of aliphatic carboxylic acids is 1. The number of rotatable bonds is 10. The number of carboxylic acid groups (broad SMARTS) is 1. The number of thiazole rings is 1. The van der Waals surface area contributed by atoms with Gasteiger partial charge >= 0.3 is 5.97 Å². The van der Waals surface area contributed by atoms with Crippen LogP contribution in [0.15, 0.2) is 83.3 Å². The minimum atomic E-state index is -1.00. The number of carboxylic acids is 1. The van der Waals surface area contributed by atoms with Gasteiger partial charge in [-0.2, -0.15) is 0 Å². The predicted octanol–water partition coefficient (Wildman–Crippen LogP) is 6.38. The second kappa shape index (κ2) is 10.9. The number of benzene rings is 3. The van der Waals surface area contributed by atoms with E-state index < -0.39 is 5.97 Å². The molecule has 1 aromatic heterocycles. The zero-order valence-electron chi connectivity index (χ0n) is 19.4. The fourth-order valence-corrected chi connectivity index (χ4v) is 6.10.